The minimum absolute atomic E-state index is 0.0440. The van der Waals surface area contributed by atoms with Crippen molar-refractivity contribution in [3.8, 4) is 0 Å². The molecule has 0 radical (unpaired) electrons. The average Bonchev–Trinajstić information content (AvgIpc) is 2.34. The maximum atomic E-state index is 10.3. The highest BCUT2D eigenvalue weighted by Gasteiger charge is 2.18. The van der Waals surface area contributed by atoms with Crippen molar-refractivity contribution in [1.82, 2.24) is 4.98 Å². The van der Waals surface area contributed by atoms with Crippen molar-refractivity contribution in [2.75, 3.05) is 0 Å². The summed E-state index contributed by atoms with van der Waals surface area (Å²) in [6.45, 7) is 0. The number of hydrogen-bond donors (Lipinski definition) is 2. The van der Waals surface area contributed by atoms with Gasteiger partial charge in [0, 0.05) is 0 Å². The molecule has 6 heteroatoms. The molecule has 1 heterocycles. The Labute approximate surface area is 66.8 Å². The predicted molar refractivity (Wildman–Crippen MR) is 36.1 cm³/mol. The molecule has 0 fully saturated rings. The van der Waals surface area contributed by atoms with Gasteiger partial charge >= 0.3 is 5.97 Å². The van der Waals surface area contributed by atoms with Crippen LogP contribution in [0.15, 0.2) is 10.6 Å². The van der Waals surface area contributed by atoms with Crippen molar-refractivity contribution in [1.29, 1.82) is 0 Å². The van der Waals surface area contributed by atoms with Crippen molar-refractivity contribution in [3.63, 3.8) is 0 Å². The van der Waals surface area contributed by atoms with Crippen molar-refractivity contribution in [2.24, 2.45) is 5.73 Å². The van der Waals surface area contributed by atoms with E-state index < -0.39 is 12.0 Å². The van der Waals surface area contributed by atoms with Crippen LogP contribution >= 0.6 is 11.6 Å². The molecule has 1 rings (SSSR count). The first-order chi connectivity index (χ1) is 5.11. The highest BCUT2D eigenvalue weighted by atomic mass is 35.5. The molecule has 0 aromatic carbocycles. The summed E-state index contributed by atoms with van der Waals surface area (Å²) in [5, 5.41) is 8.27. The van der Waals surface area contributed by atoms with E-state index in [0.29, 0.717) is 0 Å². The Hall–Kier alpha value is -1.07. The van der Waals surface area contributed by atoms with Crippen molar-refractivity contribution >= 4 is 17.6 Å². The van der Waals surface area contributed by atoms with Gasteiger partial charge in [0.15, 0.2) is 11.8 Å². The number of carboxylic acid groups (broad SMARTS) is 1. The topological polar surface area (TPSA) is 89.4 Å². The lowest BCUT2D eigenvalue weighted by atomic mass is 10.3. The number of oxazole rings is 1. The van der Waals surface area contributed by atoms with Gasteiger partial charge in [-0.1, -0.05) is 0 Å². The van der Waals surface area contributed by atoms with Gasteiger partial charge in [0.05, 0.1) is 6.20 Å². The molecular formula is C5H5ClN2O3. The SMILES string of the molecule is NC(C(=O)O)c1cnc(Cl)o1. The molecule has 0 aliphatic rings. The predicted octanol–water partition coefficient (Wildman–Crippen LogP) is 0.412. The van der Waals surface area contributed by atoms with E-state index in [9.17, 15) is 4.79 Å². The van der Waals surface area contributed by atoms with Crippen LogP contribution in [0, 0.1) is 0 Å². The molecule has 0 aliphatic carbocycles. The van der Waals surface area contributed by atoms with Crippen LogP contribution in [-0.2, 0) is 4.79 Å². The van der Waals surface area contributed by atoms with Gasteiger partial charge < -0.3 is 15.3 Å². The molecule has 1 unspecified atom stereocenters. The number of nitrogens with zero attached hydrogens (tertiary/aromatic N) is 1. The Morgan fingerprint density at radius 3 is 2.91 bits per heavy atom. The van der Waals surface area contributed by atoms with Gasteiger partial charge in [-0.2, -0.15) is 0 Å². The second kappa shape index (κ2) is 2.89. The Bertz CT molecular complexity index is 272. The third kappa shape index (κ3) is 1.69. The van der Waals surface area contributed by atoms with Crippen LogP contribution in [-0.4, -0.2) is 16.1 Å². The minimum atomic E-state index is -1.20. The van der Waals surface area contributed by atoms with Gasteiger partial charge in [0.1, 0.15) is 0 Å². The molecule has 3 N–H and O–H groups in total. The smallest absolute Gasteiger partial charge is 0.328 e. The first-order valence-corrected chi connectivity index (χ1v) is 3.08. The van der Waals surface area contributed by atoms with Crippen LogP contribution in [0.2, 0.25) is 5.35 Å². The second-order valence-corrected chi connectivity index (χ2v) is 2.15. The zero-order valence-electron chi connectivity index (χ0n) is 5.32. The Morgan fingerprint density at radius 2 is 2.55 bits per heavy atom. The third-order valence-electron chi connectivity index (χ3n) is 1.07. The van der Waals surface area contributed by atoms with Gasteiger partial charge in [-0.3, -0.25) is 4.79 Å². The van der Waals surface area contributed by atoms with Crippen LogP contribution < -0.4 is 5.73 Å². The van der Waals surface area contributed by atoms with E-state index in [1.165, 1.54) is 6.20 Å². The summed E-state index contributed by atoms with van der Waals surface area (Å²) >= 11 is 5.28. The fourth-order valence-electron chi connectivity index (χ4n) is 0.530. The van der Waals surface area contributed by atoms with E-state index in [1.54, 1.807) is 0 Å². The quantitative estimate of drug-likeness (QED) is 0.681. The van der Waals surface area contributed by atoms with E-state index in [4.69, 9.17) is 22.4 Å². The minimum Gasteiger partial charge on any atom is -0.480 e. The number of rotatable bonds is 2. The molecule has 1 aromatic rings. The van der Waals surface area contributed by atoms with Gasteiger partial charge in [0.25, 0.3) is 5.35 Å². The van der Waals surface area contributed by atoms with Crippen molar-refractivity contribution < 1.29 is 14.3 Å². The zero-order chi connectivity index (χ0) is 8.43. The first kappa shape index (κ1) is 8.03. The summed E-state index contributed by atoms with van der Waals surface area (Å²) in [6, 6.07) is -1.20. The Morgan fingerprint density at radius 1 is 1.91 bits per heavy atom. The van der Waals surface area contributed by atoms with E-state index in [1.807, 2.05) is 0 Å². The van der Waals surface area contributed by atoms with Crippen LogP contribution in [0.4, 0.5) is 0 Å². The summed E-state index contributed by atoms with van der Waals surface area (Å²) in [5.41, 5.74) is 5.16. The van der Waals surface area contributed by atoms with Crippen molar-refractivity contribution in [2.45, 2.75) is 6.04 Å². The largest absolute Gasteiger partial charge is 0.480 e. The molecular weight excluding hydrogens is 172 g/mol. The summed E-state index contributed by atoms with van der Waals surface area (Å²) in [6.07, 6.45) is 1.18. The number of nitrogens with two attached hydrogens (primary N) is 1. The molecule has 11 heavy (non-hydrogen) atoms. The fraction of sp³-hybridized carbons (Fsp3) is 0.200. The molecule has 1 aromatic heterocycles. The maximum Gasteiger partial charge on any atom is 0.328 e. The standard InChI is InChI=1S/C5H5ClN2O3/c6-5-8-1-2(11-5)3(7)4(9)10/h1,3H,7H2,(H,9,10). The van der Waals surface area contributed by atoms with Gasteiger partial charge in [-0.15, -0.1) is 0 Å². The molecule has 0 saturated carbocycles. The molecule has 0 bridgehead atoms. The van der Waals surface area contributed by atoms with Gasteiger partial charge in [0.2, 0.25) is 0 Å². The van der Waals surface area contributed by atoms with Gasteiger partial charge in [-0.05, 0) is 11.6 Å². The highest BCUT2D eigenvalue weighted by molar-refractivity contribution is 6.27. The second-order valence-electron chi connectivity index (χ2n) is 1.83. The number of hydrogen-bond acceptors (Lipinski definition) is 4. The Kier molecular flexibility index (Phi) is 2.11. The van der Waals surface area contributed by atoms with Crippen molar-refractivity contribution in [3.05, 3.63) is 17.3 Å². The van der Waals surface area contributed by atoms with Crippen LogP contribution in [0.25, 0.3) is 0 Å². The van der Waals surface area contributed by atoms with E-state index >= 15 is 0 Å². The van der Waals surface area contributed by atoms with Gasteiger partial charge in [-0.25, -0.2) is 4.98 Å². The normalized spacial score (nSPS) is 12.9. The molecule has 0 amide bonds. The lowest BCUT2D eigenvalue weighted by molar-refractivity contribution is -0.139. The highest BCUT2D eigenvalue weighted by Crippen LogP contribution is 2.14. The number of aromatic nitrogens is 1. The Balaban J connectivity index is 2.84. The molecule has 1 atom stereocenters. The van der Waals surface area contributed by atoms with E-state index in [-0.39, 0.29) is 11.1 Å². The molecule has 0 spiro atoms. The monoisotopic (exact) mass is 176 g/mol. The lowest BCUT2D eigenvalue weighted by Crippen LogP contribution is -2.19. The third-order valence-corrected chi connectivity index (χ3v) is 1.24. The average molecular weight is 177 g/mol. The zero-order valence-corrected chi connectivity index (χ0v) is 6.08. The lowest BCUT2D eigenvalue weighted by Gasteiger charge is -1.98. The number of carbonyl (C=O) groups is 1. The fourth-order valence-corrected chi connectivity index (χ4v) is 0.668. The number of halogens is 1. The van der Waals surface area contributed by atoms with Crippen LogP contribution in [0.1, 0.15) is 11.8 Å². The molecule has 0 aliphatic heterocycles. The van der Waals surface area contributed by atoms with Crippen LogP contribution in [0.5, 0.6) is 0 Å². The maximum absolute atomic E-state index is 10.3. The summed E-state index contributed by atoms with van der Waals surface area (Å²) in [4.78, 5) is 13.7. The summed E-state index contributed by atoms with van der Waals surface area (Å²) < 4.78 is 4.66. The van der Waals surface area contributed by atoms with Crippen LogP contribution in [0.3, 0.4) is 0 Å². The number of carboxylic acids is 1. The van der Waals surface area contributed by atoms with E-state index in [2.05, 4.69) is 9.40 Å². The molecule has 5 nitrogen and oxygen atoms in total. The summed E-state index contributed by atoms with van der Waals surface area (Å²) in [7, 11) is 0. The van der Waals surface area contributed by atoms with E-state index in [0.717, 1.165) is 0 Å². The summed E-state index contributed by atoms with van der Waals surface area (Å²) in [5.74, 6) is -1.14. The number of aliphatic carboxylic acids is 1. The first-order valence-electron chi connectivity index (χ1n) is 2.71. The molecule has 60 valence electrons. The molecule has 0 saturated heterocycles.